The van der Waals surface area contributed by atoms with Crippen LogP contribution < -0.4 is 11.1 Å². The molecule has 0 spiro atoms. The lowest BCUT2D eigenvalue weighted by molar-refractivity contribution is -0.126. The summed E-state index contributed by atoms with van der Waals surface area (Å²) in [6.07, 6.45) is 6.51. The van der Waals surface area contributed by atoms with Crippen molar-refractivity contribution in [2.75, 3.05) is 0 Å². The second-order valence-electron chi connectivity index (χ2n) is 6.10. The highest BCUT2D eigenvalue weighted by molar-refractivity contribution is 5.94. The van der Waals surface area contributed by atoms with Crippen molar-refractivity contribution in [3.63, 3.8) is 0 Å². The van der Waals surface area contributed by atoms with Gasteiger partial charge in [0, 0.05) is 5.92 Å². The Morgan fingerprint density at radius 3 is 2.50 bits per heavy atom. The van der Waals surface area contributed by atoms with Crippen molar-refractivity contribution in [2.24, 2.45) is 22.7 Å². The van der Waals surface area contributed by atoms with E-state index >= 15 is 0 Å². The van der Waals surface area contributed by atoms with E-state index in [1.807, 2.05) is 6.92 Å². The first-order chi connectivity index (χ1) is 9.49. The summed E-state index contributed by atoms with van der Waals surface area (Å²) in [4.78, 5) is 12.3. The van der Waals surface area contributed by atoms with Gasteiger partial charge >= 0.3 is 0 Å². The lowest BCUT2D eigenvalue weighted by Gasteiger charge is -2.40. The summed E-state index contributed by atoms with van der Waals surface area (Å²) >= 11 is 0. The molecule has 1 saturated carbocycles. The van der Waals surface area contributed by atoms with Gasteiger partial charge in [-0.1, -0.05) is 38.8 Å². The lowest BCUT2D eigenvalue weighted by Crippen LogP contribution is -2.60. The number of rotatable bonds is 6. The molecule has 5 nitrogen and oxygen atoms in total. The molecule has 1 atom stereocenters. The highest BCUT2D eigenvalue weighted by Gasteiger charge is 2.40. The molecule has 1 amide bonds. The average molecular weight is 283 g/mol. The number of oxime groups is 1. The molecular formula is C15H29N3O2. The average Bonchev–Trinajstić information content (AvgIpc) is 2.47. The highest BCUT2D eigenvalue weighted by atomic mass is 16.4. The highest BCUT2D eigenvalue weighted by Crippen LogP contribution is 2.34. The fraction of sp³-hybridized carbons (Fsp3) is 0.867. The summed E-state index contributed by atoms with van der Waals surface area (Å²) in [5.41, 5.74) is 5.22. The van der Waals surface area contributed by atoms with Gasteiger partial charge in [-0.2, -0.15) is 0 Å². The summed E-state index contributed by atoms with van der Waals surface area (Å²) in [6, 6.07) is 0. The number of amidine groups is 1. The van der Waals surface area contributed by atoms with Crippen molar-refractivity contribution in [1.29, 1.82) is 0 Å². The van der Waals surface area contributed by atoms with E-state index in [9.17, 15) is 4.79 Å². The number of carbonyl (C=O) groups is 1. The van der Waals surface area contributed by atoms with Gasteiger partial charge < -0.3 is 16.3 Å². The van der Waals surface area contributed by atoms with E-state index in [0.717, 1.165) is 44.9 Å². The molecule has 0 heterocycles. The van der Waals surface area contributed by atoms with Crippen molar-refractivity contribution >= 4 is 11.7 Å². The smallest absolute Gasteiger partial charge is 0.223 e. The van der Waals surface area contributed by atoms with Crippen molar-refractivity contribution < 1.29 is 10.0 Å². The van der Waals surface area contributed by atoms with E-state index in [1.54, 1.807) is 0 Å². The van der Waals surface area contributed by atoms with Crippen LogP contribution in [-0.2, 0) is 4.79 Å². The summed E-state index contributed by atoms with van der Waals surface area (Å²) in [7, 11) is 0. The summed E-state index contributed by atoms with van der Waals surface area (Å²) in [6.45, 7) is 6.18. The number of carbonyl (C=O) groups excluding carboxylic acids is 1. The molecular weight excluding hydrogens is 254 g/mol. The molecule has 1 unspecified atom stereocenters. The third-order valence-corrected chi connectivity index (χ3v) is 4.67. The molecule has 0 radical (unpaired) electrons. The summed E-state index contributed by atoms with van der Waals surface area (Å²) < 4.78 is 0. The molecule has 5 heteroatoms. The lowest BCUT2D eigenvalue weighted by atomic mass is 9.74. The largest absolute Gasteiger partial charge is 0.409 e. The Balaban J connectivity index is 2.78. The van der Waals surface area contributed by atoms with Crippen molar-refractivity contribution in [2.45, 2.75) is 71.3 Å². The maximum atomic E-state index is 12.3. The molecule has 0 aromatic carbocycles. The van der Waals surface area contributed by atoms with E-state index in [0.29, 0.717) is 5.92 Å². The van der Waals surface area contributed by atoms with Gasteiger partial charge in [0.2, 0.25) is 5.91 Å². The second kappa shape index (κ2) is 7.50. The standard InChI is InChI=1S/C15H29N3O2/c1-4-6-11(3)13(19)17-15(14(16)18-20)9-7-12(5-2)8-10-15/h11-12,20H,4-10H2,1-3H3,(H2,16,18)(H,17,19). The van der Waals surface area contributed by atoms with Crippen molar-refractivity contribution in [1.82, 2.24) is 5.32 Å². The van der Waals surface area contributed by atoms with Crippen LogP contribution in [0.15, 0.2) is 5.16 Å². The van der Waals surface area contributed by atoms with Crippen molar-refractivity contribution in [3.05, 3.63) is 0 Å². The molecule has 0 saturated heterocycles. The first-order valence-electron chi connectivity index (χ1n) is 7.79. The molecule has 1 rings (SSSR count). The number of nitrogens with two attached hydrogens (primary N) is 1. The number of hydrogen-bond acceptors (Lipinski definition) is 3. The SMILES string of the molecule is CCCC(C)C(=O)NC1(/C(N)=N/O)CCC(CC)CC1. The minimum atomic E-state index is -0.653. The van der Waals surface area contributed by atoms with E-state index in [2.05, 4.69) is 24.3 Å². The Morgan fingerprint density at radius 1 is 1.45 bits per heavy atom. The Hall–Kier alpha value is -1.26. The third kappa shape index (κ3) is 3.87. The molecule has 0 aromatic heterocycles. The minimum absolute atomic E-state index is 0.00778. The topological polar surface area (TPSA) is 87.7 Å². The number of nitrogens with zero attached hydrogens (tertiary/aromatic N) is 1. The zero-order valence-electron chi connectivity index (χ0n) is 13.0. The maximum absolute atomic E-state index is 12.3. The van der Waals surface area contributed by atoms with Crippen LogP contribution in [0.4, 0.5) is 0 Å². The monoisotopic (exact) mass is 283 g/mol. The Bertz CT molecular complexity index is 347. The van der Waals surface area contributed by atoms with Crippen LogP contribution in [-0.4, -0.2) is 22.5 Å². The van der Waals surface area contributed by atoms with Gasteiger partial charge in [-0.05, 0) is 38.0 Å². The third-order valence-electron chi connectivity index (χ3n) is 4.67. The number of nitrogens with one attached hydrogen (secondary N) is 1. The van der Waals surface area contributed by atoms with Crippen LogP contribution >= 0.6 is 0 Å². The number of amides is 1. The molecule has 20 heavy (non-hydrogen) atoms. The first kappa shape index (κ1) is 16.8. The maximum Gasteiger partial charge on any atom is 0.223 e. The van der Waals surface area contributed by atoms with E-state index in [-0.39, 0.29) is 17.7 Å². The predicted octanol–water partition coefficient (Wildman–Crippen LogP) is 2.62. The fourth-order valence-electron chi connectivity index (χ4n) is 3.04. The van der Waals surface area contributed by atoms with Crippen LogP contribution in [0.2, 0.25) is 0 Å². The predicted molar refractivity (Wildman–Crippen MR) is 80.6 cm³/mol. The van der Waals surface area contributed by atoms with Crippen LogP contribution in [0.5, 0.6) is 0 Å². The zero-order valence-corrected chi connectivity index (χ0v) is 13.0. The van der Waals surface area contributed by atoms with Crippen LogP contribution in [0, 0.1) is 11.8 Å². The van der Waals surface area contributed by atoms with Gasteiger partial charge in [0.25, 0.3) is 0 Å². The van der Waals surface area contributed by atoms with Crippen LogP contribution in [0.3, 0.4) is 0 Å². The molecule has 1 fully saturated rings. The Kier molecular flexibility index (Phi) is 6.30. The zero-order chi connectivity index (χ0) is 15.2. The molecule has 0 aliphatic heterocycles. The molecule has 1 aliphatic carbocycles. The van der Waals surface area contributed by atoms with Crippen LogP contribution in [0.1, 0.15) is 65.7 Å². The summed E-state index contributed by atoms with van der Waals surface area (Å²) in [5.74, 6) is 0.796. The molecule has 1 aliphatic rings. The Labute approximate surface area is 122 Å². The van der Waals surface area contributed by atoms with Gasteiger partial charge in [-0.15, -0.1) is 0 Å². The van der Waals surface area contributed by atoms with Gasteiger partial charge in [0.1, 0.15) is 5.54 Å². The molecule has 116 valence electrons. The van der Waals surface area contributed by atoms with Gasteiger partial charge in [0.05, 0.1) is 0 Å². The van der Waals surface area contributed by atoms with Crippen LogP contribution in [0.25, 0.3) is 0 Å². The Morgan fingerprint density at radius 2 is 2.05 bits per heavy atom. The molecule has 4 N–H and O–H groups in total. The van der Waals surface area contributed by atoms with E-state index < -0.39 is 5.54 Å². The summed E-state index contributed by atoms with van der Waals surface area (Å²) in [5, 5.41) is 15.3. The second-order valence-corrected chi connectivity index (χ2v) is 6.10. The molecule has 0 aromatic rings. The van der Waals surface area contributed by atoms with E-state index in [1.165, 1.54) is 0 Å². The van der Waals surface area contributed by atoms with Crippen molar-refractivity contribution in [3.8, 4) is 0 Å². The quantitative estimate of drug-likeness (QED) is 0.303. The molecule has 0 bridgehead atoms. The van der Waals surface area contributed by atoms with Gasteiger partial charge in [0.15, 0.2) is 5.84 Å². The minimum Gasteiger partial charge on any atom is -0.409 e. The van der Waals surface area contributed by atoms with E-state index in [4.69, 9.17) is 10.9 Å². The first-order valence-corrected chi connectivity index (χ1v) is 7.79. The normalized spacial score (nSPS) is 28.9. The van der Waals surface area contributed by atoms with Gasteiger partial charge in [-0.25, -0.2) is 0 Å². The number of hydrogen-bond donors (Lipinski definition) is 3. The fourth-order valence-corrected chi connectivity index (χ4v) is 3.04. The van der Waals surface area contributed by atoms with Gasteiger partial charge in [-0.3, -0.25) is 4.79 Å².